The molecule has 0 saturated heterocycles. The number of halogens is 1. The topological polar surface area (TPSA) is 30.5 Å². The molecule has 0 radical (unpaired) electrons. The molecule has 1 aromatic rings. The quantitative estimate of drug-likeness (QED) is 0.229. The molecule has 0 aliphatic heterocycles. The van der Waals surface area contributed by atoms with Gasteiger partial charge in [-0.15, -0.1) is 17.0 Å². The van der Waals surface area contributed by atoms with Crippen molar-refractivity contribution in [3.05, 3.63) is 30.3 Å². The highest BCUT2D eigenvalue weighted by Crippen LogP contribution is 2.17. The first-order chi connectivity index (χ1) is 12.1. The third kappa shape index (κ3) is 14.6. The van der Waals surface area contributed by atoms with E-state index in [-0.39, 0.29) is 22.6 Å². The van der Waals surface area contributed by atoms with Crippen molar-refractivity contribution in [2.45, 2.75) is 90.6 Å². The number of hydroxylamine groups is 1. The summed E-state index contributed by atoms with van der Waals surface area (Å²) in [6.07, 6.45) is 13.6. The molecule has 0 aliphatic rings. The molecule has 0 saturated carbocycles. The van der Waals surface area contributed by atoms with Crippen LogP contribution in [0.25, 0.3) is 0 Å². The molecule has 0 aliphatic carbocycles. The number of hydrogen-bond acceptors (Lipinski definition) is 3. The molecular formula is C22H40BrNO2. The normalized spacial score (nSPS) is 11.2. The van der Waals surface area contributed by atoms with Gasteiger partial charge in [-0.2, -0.15) is 0 Å². The molecule has 0 heterocycles. The Hall–Kier alpha value is -0.580. The van der Waals surface area contributed by atoms with Gasteiger partial charge in [-0.05, 0) is 32.4 Å². The Balaban J connectivity index is 0.00000625. The van der Waals surface area contributed by atoms with Crippen LogP contribution in [0.1, 0.15) is 85.0 Å². The van der Waals surface area contributed by atoms with E-state index in [0.29, 0.717) is 6.61 Å². The van der Waals surface area contributed by atoms with E-state index >= 15 is 0 Å². The Morgan fingerprint density at radius 1 is 0.808 bits per heavy atom. The molecule has 0 amide bonds. The van der Waals surface area contributed by atoms with Crippen molar-refractivity contribution in [1.29, 1.82) is 0 Å². The van der Waals surface area contributed by atoms with Crippen molar-refractivity contribution in [1.82, 2.24) is 5.48 Å². The number of nitrogens with one attached hydrogen (secondary N) is 1. The fraction of sp³-hybridized carbons (Fsp3) is 0.727. The van der Waals surface area contributed by atoms with E-state index in [1.165, 1.54) is 64.2 Å². The molecule has 1 N–H and O–H groups in total. The van der Waals surface area contributed by atoms with Crippen LogP contribution < -0.4 is 10.2 Å². The number of ether oxygens (including phenoxy) is 1. The minimum Gasteiger partial charge on any atom is -0.485 e. The predicted molar refractivity (Wildman–Crippen MR) is 117 cm³/mol. The zero-order valence-corrected chi connectivity index (χ0v) is 18.8. The Kier molecular flexibility index (Phi) is 16.2. The first-order valence-electron chi connectivity index (χ1n) is 10.2. The highest BCUT2D eigenvalue weighted by molar-refractivity contribution is 8.93. The summed E-state index contributed by atoms with van der Waals surface area (Å²) in [5.41, 5.74) is 2.73. The van der Waals surface area contributed by atoms with Crippen LogP contribution in [0.4, 0.5) is 0 Å². The summed E-state index contributed by atoms with van der Waals surface area (Å²) in [6.45, 7) is 7.80. The van der Waals surface area contributed by atoms with Crippen molar-refractivity contribution in [2.75, 3.05) is 13.2 Å². The fourth-order valence-electron chi connectivity index (χ4n) is 2.82. The third-order valence-corrected chi connectivity index (χ3v) is 4.29. The summed E-state index contributed by atoms with van der Waals surface area (Å²) in [7, 11) is 0. The molecule has 0 aromatic heterocycles. The number of rotatable bonds is 16. The van der Waals surface area contributed by atoms with E-state index in [1.807, 2.05) is 44.2 Å². The summed E-state index contributed by atoms with van der Waals surface area (Å²) < 4.78 is 5.94. The van der Waals surface area contributed by atoms with Crippen LogP contribution in [-0.2, 0) is 4.84 Å². The highest BCUT2D eigenvalue weighted by atomic mass is 79.9. The molecule has 152 valence electrons. The molecule has 1 aromatic carbocycles. The van der Waals surface area contributed by atoms with E-state index in [1.54, 1.807) is 0 Å². The zero-order valence-electron chi connectivity index (χ0n) is 17.1. The highest BCUT2D eigenvalue weighted by Gasteiger charge is 2.20. The fourth-order valence-corrected chi connectivity index (χ4v) is 2.82. The van der Waals surface area contributed by atoms with Crippen molar-refractivity contribution >= 4 is 17.0 Å². The molecule has 26 heavy (non-hydrogen) atoms. The second kappa shape index (κ2) is 16.6. The standard InChI is InChI=1S/C22H39NO2.BrH/c1-4-5-6-7-8-9-10-11-12-16-19-23-24-20-22(2,3)25-21-17-14-13-15-18-21;/h13-15,17-18,23H,4-12,16,19-20H2,1-3H3;1H. The molecular weight excluding hydrogens is 390 g/mol. The summed E-state index contributed by atoms with van der Waals surface area (Å²) in [5, 5.41) is 0. The van der Waals surface area contributed by atoms with Gasteiger partial charge in [-0.3, -0.25) is 4.84 Å². The summed E-state index contributed by atoms with van der Waals surface area (Å²) in [4.78, 5) is 5.58. The van der Waals surface area contributed by atoms with Gasteiger partial charge in [0, 0.05) is 6.54 Å². The van der Waals surface area contributed by atoms with Crippen LogP contribution in [0.15, 0.2) is 30.3 Å². The number of unbranched alkanes of at least 4 members (excludes halogenated alkanes) is 9. The lowest BCUT2D eigenvalue weighted by atomic mass is 10.1. The second-order valence-electron chi connectivity index (χ2n) is 7.54. The van der Waals surface area contributed by atoms with E-state index in [0.717, 1.165) is 12.3 Å². The van der Waals surface area contributed by atoms with Gasteiger partial charge in [0.25, 0.3) is 0 Å². The van der Waals surface area contributed by atoms with Crippen LogP contribution in [0.5, 0.6) is 5.75 Å². The maximum Gasteiger partial charge on any atom is 0.129 e. The lowest BCUT2D eigenvalue weighted by Gasteiger charge is -2.26. The minimum absolute atomic E-state index is 0. The molecule has 3 nitrogen and oxygen atoms in total. The monoisotopic (exact) mass is 429 g/mol. The van der Waals surface area contributed by atoms with Gasteiger partial charge in [0.1, 0.15) is 18.0 Å². The van der Waals surface area contributed by atoms with E-state index in [2.05, 4.69) is 12.4 Å². The summed E-state index contributed by atoms with van der Waals surface area (Å²) >= 11 is 0. The zero-order chi connectivity index (χ0) is 18.2. The van der Waals surface area contributed by atoms with Gasteiger partial charge in [-0.1, -0.05) is 82.9 Å². The lowest BCUT2D eigenvalue weighted by molar-refractivity contribution is -0.0484. The van der Waals surface area contributed by atoms with Crippen molar-refractivity contribution in [2.24, 2.45) is 0 Å². The first-order valence-corrected chi connectivity index (χ1v) is 10.2. The van der Waals surface area contributed by atoms with E-state index < -0.39 is 0 Å². The Morgan fingerprint density at radius 2 is 1.35 bits per heavy atom. The van der Waals surface area contributed by atoms with E-state index in [9.17, 15) is 0 Å². The van der Waals surface area contributed by atoms with Crippen LogP contribution in [0, 0.1) is 0 Å². The third-order valence-electron chi connectivity index (χ3n) is 4.29. The summed E-state index contributed by atoms with van der Waals surface area (Å²) in [6, 6.07) is 9.90. The smallest absolute Gasteiger partial charge is 0.129 e. The Morgan fingerprint density at radius 3 is 1.92 bits per heavy atom. The maximum atomic E-state index is 5.94. The number of hydrogen-bond donors (Lipinski definition) is 1. The summed E-state index contributed by atoms with van der Waals surface area (Å²) in [5.74, 6) is 0.880. The average Bonchev–Trinajstić information content (AvgIpc) is 2.59. The number of para-hydroxylation sites is 1. The lowest BCUT2D eigenvalue weighted by Crippen LogP contribution is -2.36. The van der Waals surface area contributed by atoms with Crippen LogP contribution in [0.3, 0.4) is 0 Å². The van der Waals surface area contributed by atoms with Crippen molar-refractivity contribution in [3.63, 3.8) is 0 Å². The van der Waals surface area contributed by atoms with Gasteiger partial charge < -0.3 is 4.74 Å². The molecule has 0 fully saturated rings. The molecule has 0 spiro atoms. The van der Waals surface area contributed by atoms with Crippen molar-refractivity contribution < 1.29 is 9.57 Å². The largest absolute Gasteiger partial charge is 0.485 e. The van der Waals surface area contributed by atoms with E-state index in [4.69, 9.17) is 9.57 Å². The Labute approximate surface area is 172 Å². The Bertz CT molecular complexity index is 412. The molecule has 4 heteroatoms. The second-order valence-corrected chi connectivity index (χ2v) is 7.54. The molecule has 0 unspecified atom stereocenters. The molecule has 0 bridgehead atoms. The minimum atomic E-state index is -0.341. The van der Waals surface area contributed by atoms with Gasteiger partial charge >= 0.3 is 0 Å². The van der Waals surface area contributed by atoms with Gasteiger partial charge in [0.05, 0.1) is 0 Å². The van der Waals surface area contributed by atoms with Gasteiger partial charge in [0.15, 0.2) is 0 Å². The predicted octanol–water partition coefficient (Wildman–Crippen LogP) is 6.86. The van der Waals surface area contributed by atoms with Crippen molar-refractivity contribution in [3.8, 4) is 5.75 Å². The van der Waals surface area contributed by atoms with Gasteiger partial charge in [0.2, 0.25) is 0 Å². The first kappa shape index (κ1) is 25.4. The molecule has 1 rings (SSSR count). The number of benzene rings is 1. The SMILES string of the molecule is Br.CCCCCCCCCCCCNOCC(C)(C)Oc1ccccc1. The van der Waals surface area contributed by atoms with Gasteiger partial charge in [-0.25, -0.2) is 5.48 Å². The van der Waals surface area contributed by atoms with Crippen LogP contribution in [-0.4, -0.2) is 18.8 Å². The van der Waals surface area contributed by atoms with Crippen LogP contribution in [0.2, 0.25) is 0 Å². The maximum absolute atomic E-state index is 5.94. The van der Waals surface area contributed by atoms with Crippen LogP contribution >= 0.6 is 17.0 Å². The molecule has 0 atom stereocenters. The average molecular weight is 430 g/mol.